The molecule has 48 heavy (non-hydrogen) atoms. The lowest BCUT2D eigenvalue weighted by Gasteiger charge is -2.18. The average Bonchev–Trinajstić information content (AvgIpc) is 3.05. The van der Waals surface area contributed by atoms with Gasteiger partial charge in [-0.15, -0.1) is 0 Å². The number of hydrogen-bond donors (Lipinski definition) is 2. The van der Waals surface area contributed by atoms with Gasteiger partial charge in [0.05, 0.1) is 6.61 Å². The van der Waals surface area contributed by atoms with Crippen LogP contribution in [0.15, 0.2) is 12.2 Å². The van der Waals surface area contributed by atoms with Crippen molar-refractivity contribution in [2.75, 3.05) is 13.2 Å². The highest BCUT2D eigenvalue weighted by Gasteiger charge is 2.22. The molecule has 0 aromatic heterocycles. The van der Waals surface area contributed by atoms with Gasteiger partial charge in [0.25, 0.3) is 0 Å². The number of esters is 2. The summed E-state index contributed by atoms with van der Waals surface area (Å²) in [5.74, 6) is -0.880. The molecular weight excluding hydrogens is 627 g/mol. The second kappa shape index (κ2) is 35.6. The molecule has 0 aliphatic rings. The molecule has 8 nitrogen and oxygen atoms in total. The number of hydrogen-bond acceptors (Lipinski definition) is 6. The van der Waals surface area contributed by atoms with E-state index in [0.717, 1.165) is 51.4 Å². The lowest BCUT2D eigenvalue weighted by molar-refractivity contribution is -0.161. The Bertz CT molecular complexity index is 797. The molecule has 1 atom stereocenters. The molecule has 2 N–H and O–H groups in total. The smallest absolute Gasteiger partial charge is 0.462 e. The predicted molar refractivity (Wildman–Crippen MR) is 198 cm³/mol. The fraction of sp³-hybridized carbons (Fsp3) is 0.897. The van der Waals surface area contributed by atoms with Crippen LogP contribution in [0.4, 0.5) is 0 Å². The minimum atomic E-state index is -4.75. The van der Waals surface area contributed by atoms with Crippen LogP contribution in [-0.4, -0.2) is 41.0 Å². The Hall–Kier alpha value is -1.21. The highest BCUT2D eigenvalue weighted by molar-refractivity contribution is 7.46. The van der Waals surface area contributed by atoms with Gasteiger partial charge in [0.1, 0.15) is 6.61 Å². The maximum Gasteiger partial charge on any atom is 0.469 e. The second-order valence-corrected chi connectivity index (χ2v) is 14.9. The zero-order chi connectivity index (χ0) is 35.4. The lowest BCUT2D eigenvalue weighted by Crippen LogP contribution is -2.29. The monoisotopic (exact) mass is 703 g/mol. The number of ether oxygens (including phenoxy) is 2. The Morgan fingerprint density at radius 2 is 0.875 bits per heavy atom. The molecule has 0 aromatic rings. The molecule has 0 fully saturated rings. The van der Waals surface area contributed by atoms with Crippen molar-refractivity contribution in [3.05, 3.63) is 12.2 Å². The molecule has 0 saturated carbocycles. The van der Waals surface area contributed by atoms with Gasteiger partial charge in [-0.25, -0.2) is 4.57 Å². The molecule has 0 heterocycles. The van der Waals surface area contributed by atoms with E-state index in [0.29, 0.717) is 6.42 Å². The number of phosphoric ester groups is 1. The van der Waals surface area contributed by atoms with E-state index >= 15 is 0 Å². The summed E-state index contributed by atoms with van der Waals surface area (Å²) in [6.45, 7) is 3.68. The van der Waals surface area contributed by atoms with Gasteiger partial charge in [-0.1, -0.05) is 167 Å². The standard InChI is InChI=1S/C39H75O8P/c1-3-5-7-9-11-13-15-17-19-21-23-25-27-29-31-33-38(40)45-35-37(36-46-48(42,43)44)47-39(41)34-32-30-28-26-24-22-20-18-16-14-12-10-8-6-4-2/h13,15,37H,3-12,14,16-36H2,1-2H3,(H2,42,43,44)/b15-13-/t37-/m1/s1. The van der Waals surface area contributed by atoms with E-state index in [-0.39, 0.29) is 19.4 Å². The summed E-state index contributed by atoms with van der Waals surface area (Å²) in [7, 11) is -4.75. The molecule has 0 aromatic carbocycles. The first kappa shape index (κ1) is 46.8. The van der Waals surface area contributed by atoms with Crippen molar-refractivity contribution in [3.8, 4) is 0 Å². The molecule has 0 bridgehead atoms. The van der Waals surface area contributed by atoms with Crippen LogP contribution < -0.4 is 0 Å². The highest BCUT2D eigenvalue weighted by atomic mass is 31.2. The van der Waals surface area contributed by atoms with Crippen LogP contribution in [0, 0.1) is 0 Å². The van der Waals surface area contributed by atoms with Gasteiger partial charge >= 0.3 is 19.8 Å². The number of rotatable bonds is 37. The molecule has 0 amide bonds. The van der Waals surface area contributed by atoms with Gasteiger partial charge in [0, 0.05) is 12.8 Å². The van der Waals surface area contributed by atoms with Gasteiger partial charge in [-0.2, -0.15) is 0 Å². The Morgan fingerprint density at radius 3 is 1.29 bits per heavy atom. The van der Waals surface area contributed by atoms with Crippen molar-refractivity contribution in [2.45, 2.75) is 213 Å². The Balaban J connectivity index is 3.91. The minimum Gasteiger partial charge on any atom is -0.462 e. The Labute approximate surface area is 295 Å². The third-order valence-electron chi connectivity index (χ3n) is 8.78. The fourth-order valence-corrected chi connectivity index (χ4v) is 6.14. The molecule has 0 saturated heterocycles. The van der Waals surface area contributed by atoms with E-state index in [1.165, 1.54) is 122 Å². The third-order valence-corrected chi connectivity index (χ3v) is 9.27. The predicted octanol–water partition coefficient (Wildman–Crippen LogP) is 11.8. The summed E-state index contributed by atoms with van der Waals surface area (Å²) in [5.41, 5.74) is 0. The lowest BCUT2D eigenvalue weighted by atomic mass is 10.0. The first-order valence-corrected chi connectivity index (χ1v) is 21.5. The van der Waals surface area contributed by atoms with Crippen molar-refractivity contribution in [3.63, 3.8) is 0 Å². The van der Waals surface area contributed by atoms with E-state index in [1.54, 1.807) is 0 Å². The fourth-order valence-electron chi connectivity index (χ4n) is 5.78. The molecular formula is C39H75O8P. The van der Waals surface area contributed by atoms with Crippen molar-refractivity contribution in [1.82, 2.24) is 0 Å². The Kier molecular flexibility index (Phi) is 34.7. The summed E-state index contributed by atoms with van der Waals surface area (Å²) < 4.78 is 26.3. The van der Waals surface area contributed by atoms with Crippen LogP contribution in [0.2, 0.25) is 0 Å². The first-order valence-electron chi connectivity index (χ1n) is 20.0. The number of phosphoric acid groups is 1. The molecule has 284 valence electrons. The van der Waals surface area contributed by atoms with Crippen LogP contribution in [0.25, 0.3) is 0 Å². The maximum atomic E-state index is 12.4. The van der Waals surface area contributed by atoms with Crippen LogP contribution in [0.1, 0.15) is 206 Å². The van der Waals surface area contributed by atoms with Crippen LogP contribution in [0.3, 0.4) is 0 Å². The SMILES string of the molecule is CCCCCC/C=C\CCCCCCCCCC(=O)OC[C@H](COP(=O)(O)O)OC(=O)CCCCCCCCCCCCCCCCC. The molecule has 9 heteroatoms. The van der Waals surface area contributed by atoms with E-state index in [2.05, 4.69) is 30.5 Å². The normalized spacial score (nSPS) is 12.5. The molecule has 0 spiro atoms. The maximum absolute atomic E-state index is 12.4. The zero-order valence-electron chi connectivity index (χ0n) is 31.2. The van der Waals surface area contributed by atoms with Gasteiger partial charge in [-0.3, -0.25) is 14.1 Å². The zero-order valence-corrected chi connectivity index (χ0v) is 32.0. The third kappa shape index (κ3) is 37.6. The number of unbranched alkanes of at least 4 members (excludes halogenated alkanes) is 25. The van der Waals surface area contributed by atoms with Crippen molar-refractivity contribution in [1.29, 1.82) is 0 Å². The summed E-state index contributed by atoms with van der Waals surface area (Å²) in [6.07, 6.45) is 37.8. The van der Waals surface area contributed by atoms with Crippen molar-refractivity contribution < 1.29 is 37.9 Å². The van der Waals surface area contributed by atoms with Crippen LogP contribution in [0.5, 0.6) is 0 Å². The summed E-state index contributed by atoms with van der Waals surface area (Å²) in [6, 6.07) is 0. The first-order chi connectivity index (χ1) is 23.3. The largest absolute Gasteiger partial charge is 0.469 e. The van der Waals surface area contributed by atoms with E-state index in [9.17, 15) is 14.2 Å². The van der Waals surface area contributed by atoms with Crippen molar-refractivity contribution >= 4 is 19.8 Å². The topological polar surface area (TPSA) is 119 Å². The van der Waals surface area contributed by atoms with Gasteiger partial charge in [0.2, 0.25) is 0 Å². The Morgan fingerprint density at radius 1 is 0.521 bits per heavy atom. The summed E-state index contributed by atoms with van der Waals surface area (Å²) >= 11 is 0. The van der Waals surface area contributed by atoms with E-state index in [1.807, 2.05) is 0 Å². The number of allylic oxidation sites excluding steroid dienone is 2. The molecule has 0 radical (unpaired) electrons. The second-order valence-electron chi connectivity index (χ2n) is 13.6. The molecule has 0 unspecified atom stereocenters. The van der Waals surface area contributed by atoms with E-state index < -0.39 is 32.5 Å². The van der Waals surface area contributed by atoms with Crippen LogP contribution >= 0.6 is 7.82 Å². The number of carbonyl (C=O) groups is 2. The van der Waals surface area contributed by atoms with Gasteiger partial charge in [0.15, 0.2) is 6.10 Å². The van der Waals surface area contributed by atoms with E-state index in [4.69, 9.17) is 19.3 Å². The van der Waals surface area contributed by atoms with Crippen LogP contribution in [-0.2, 0) is 28.2 Å². The van der Waals surface area contributed by atoms with Gasteiger partial charge in [-0.05, 0) is 38.5 Å². The quantitative estimate of drug-likeness (QED) is 0.0284. The highest BCUT2D eigenvalue weighted by Crippen LogP contribution is 2.36. The number of carbonyl (C=O) groups excluding carboxylic acids is 2. The average molecular weight is 703 g/mol. The summed E-state index contributed by atoms with van der Waals surface area (Å²) in [4.78, 5) is 42.7. The minimum absolute atomic E-state index is 0.217. The molecule has 0 rings (SSSR count). The molecule has 0 aliphatic heterocycles. The molecule has 0 aliphatic carbocycles. The van der Waals surface area contributed by atoms with Crippen molar-refractivity contribution in [2.24, 2.45) is 0 Å². The van der Waals surface area contributed by atoms with Gasteiger partial charge < -0.3 is 19.3 Å². The summed E-state index contributed by atoms with van der Waals surface area (Å²) in [5, 5.41) is 0.